The predicted octanol–water partition coefficient (Wildman–Crippen LogP) is -1.04. The van der Waals surface area contributed by atoms with E-state index >= 15 is 0 Å². The van der Waals surface area contributed by atoms with Gasteiger partial charge in [-0.15, -0.1) is 0 Å². The molecule has 0 aromatic carbocycles. The van der Waals surface area contributed by atoms with Crippen molar-refractivity contribution >= 4 is 0 Å². The first-order valence-electron chi connectivity index (χ1n) is 3.73. The Labute approximate surface area is 67.2 Å². The van der Waals surface area contributed by atoms with Crippen molar-refractivity contribution in [1.82, 2.24) is 5.32 Å². The van der Waals surface area contributed by atoms with E-state index < -0.39 is 6.10 Å². The lowest BCUT2D eigenvalue weighted by molar-refractivity contribution is 0.0828. The second kappa shape index (κ2) is 6.54. The van der Waals surface area contributed by atoms with E-state index in [-0.39, 0.29) is 12.7 Å². The van der Waals surface area contributed by atoms with Crippen molar-refractivity contribution in [2.45, 2.75) is 19.1 Å². The molecule has 68 valence electrons. The molecule has 2 atom stereocenters. The molecule has 0 heterocycles. The van der Waals surface area contributed by atoms with Crippen LogP contribution in [-0.4, -0.2) is 49.2 Å². The molecule has 4 heteroatoms. The molecule has 0 saturated heterocycles. The molecule has 0 bridgehead atoms. The molecular weight excluding hydrogens is 146 g/mol. The van der Waals surface area contributed by atoms with Crippen LogP contribution in [0.3, 0.4) is 0 Å². The summed E-state index contributed by atoms with van der Waals surface area (Å²) < 4.78 is 4.96. The van der Waals surface area contributed by atoms with Crippen molar-refractivity contribution in [1.29, 1.82) is 0 Å². The molecule has 0 rings (SSSR count). The van der Waals surface area contributed by atoms with E-state index in [9.17, 15) is 0 Å². The second-order valence-corrected chi connectivity index (χ2v) is 2.54. The average molecular weight is 163 g/mol. The highest BCUT2D eigenvalue weighted by Gasteiger charge is 2.02. The summed E-state index contributed by atoms with van der Waals surface area (Å²) in [6, 6.07) is 0. The molecular formula is C7H17NO3. The van der Waals surface area contributed by atoms with Crippen LogP contribution in [0.15, 0.2) is 0 Å². The van der Waals surface area contributed by atoms with Gasteiger partial charge in [-0.05, 0) is 6.92 Å². The number of hydrogen-bond donors (Lipinski definition) is 3. The van der Waals surface area contributed by atoms with Crippen LogP contribution in [-0.2, 0) is 4.74 Å². The quantitative estimate of drug-likeness (QED) is 0.468. The Morgan fingerprint density at radius 2 is 2.09 bits per heavy atom. The zero-order chi connectivity index (χ0) is 8.69. The van der Waals surface area contributed by atoms with E-state index in [2.05, 4.69) is 5.32 Å². The SMILES string of the molecule is COC(C)CNC[C@H](O)CO. The van der Waals surface area contributed by atoms with Crippen molar-refractivity contribution in [3.05, 3.63) is 0 Å². The van der Waals surface area contributed by atoms with Gasteiger partial charge in [-0.2, -0.15) is 0 Å². The topological polar surface area (TPSA) is 61.7 Å². The van der Waals surface area contributed by atoms with Crippen molar-refractivity contribution in [3.8, 4) is 0 Å². The third kappa shape index (κ3) is 6.25. The maximum absolute atomic E-state index is 8.89. The van der Waals surface area contributed by atoms with Crippen LogP contribution in [0.1, 0.15) is 6.92 Å². The maximum atomic E-state index is 8.89. The summed E-state index contributed by atoms with van der Waals surface area (Å²) in [5.41, 5.74) is 0. The standard InChI is InChI=1S/C7H17NO3/c1-6(11-2)3-8-4-7(10)5-9/h6-10H,3-5H2,1-2H3/t6?,7-/m0/s1. The minimum absolute atomic E-state index is 0.140. The third-order valence-electron chi connectivity index (χ3n) is 1.42. The highest BCUT2D eigenvalue weighted by molar-refractivity contribution is 4.59. The van der Waals surface area contributed by atoms with Crippen LogP contribution in [0.4, 0.5) is 0 Å². The largest absolute Gasteiger partial charge is 0.394 e. The molecule has 0 aliphatic rings. The minimum atomic E-state index is -0.668. The first kappa shape index (κ1) is 10.8. The normalized spacial score (nSPS) is 16.4. The zero-order valence-corrected chi connectivity index (χ0v) is 7.08. The molecule has 11 heavy (non-hydrogen) atoms. The molecule has 0 fully saturated rings. The lowest BCUT2D eigenvalue weighted by Gasteiger charge is -2.12. The summed E-state index contributed by atoms with van der Waals surface area (Å²) in [7, 11) is 1.63. The number of aliphatic hydroxyl groups is 2. The van der Waals surface area contributed by atoms with Crippen LogP contribution < -0.4 is 5.32 Å². The molecule has 4 nitrogen and oxygen atoms in total. The summed E-state index contributed by atoms with van der Waals surface area (Å²) in [5, 5.41) is 20.3. The van der Waals surface area contributed by atoms with E-state index in [4.69, 9.17) is 14.9 Å². The Balaban J connectivity index is 3.13. The molecule has 0 spiro atoms. The van der Waals surface area contributed by atoms with E-state index in [1.807, 2.05) is 6.92 Å². The maximum Gasteiger partial charge on any atom is 0.0894 e. The van der Waals surface area contributed by atoms with Crippen molar-refractivity contribution in [2.75, 3.05) is 26.8 Å². The van der Waals surface area contributed by atoms with Crippen LogP contribution in [0, 0.1) is 0 Å². The second-order valence-electron chi connectivity index (χ2n) is 2.54. The van der Waals surface area contributed by atoms with Gasteiger partial charge >= 0.3 is 0 Å². The predicted molar refractivity (Wildman–Crippen MR) is 42.4 cm³/mol. The third-order valence-corrected chi connectivity index (χ3v) is 1.42. The van der Waals surface area contributed by atoms with Crippen LogP contribution in [0.25, 0.3) is 0 Å². The molecule has 0 aliphatic heterocycles. The van der Waals surface area contributed by atoms with E-state index in [1.54, 1.807) is 7.11 Å². The van der Waals surface area contributed by atoms with Crippen LogP contribution in [0.5, 0.6) is 0 Å². The van der Waals surface area contributed by atoms with Crippen LogP contribution in [0.2, 0.25) is 0 Å². The number of methoxy groups -OCH3 is 1. The van der Waals surface area contributed by atoms with Crippen molar-refractivity contribution in [2.24, 2.45) is 0 Å². The van der Waals surface area contributed by atoms with Crippen molar-refractivity contribution in [3.63, 3.8) is 0 Å². The fourth-order valence-electron chi connectivity index (χ4n) is 0.601. The highest BCUT2D eigenvalue weighted by Crippen LogP contribution is 1.84. The lowest BCUT2D eigenvalue weighted by atomic mass is 10.3. The molecule has 0 aromatic heterocycles. The smallest absolute Gasteiger partial charge is 0.0894 e. The Hall–Kier alpha value is -0.160. The van der Waals surface area contributed by atoms with Crippen molar-refractivity contribution < 1.29 is 14.9 Å². The molecule has 3 N–H and O–H groups in total. The summed E-state index contributed by atoms with van der Waals surface area (Å²) >= 11 is 0. The minimum Gasteiger partial charge on any atom is -0.394 e. The summed E-state index contributed by atoms with van der Waals surface area (Å²) in [4.78, 5) is 0. The van der Waals surface area contributed by atoms with Gasteiger partial charge in [0.25, 0.3) is 0 Å². The monoisotopic (exact) mass is 163 g/mol. The van der Waals surface area contributed by atoms with Gasteiger partial charge in [0.2, 0.25) is 0 Å². The Bertz CT molecular complexity index is 79.8. The van der Waals surface area contributed by atoms with Gasteiger partial charge < -0.3 is 20.3 Å². The Kier molecular flexibility index (Phi) is 6.45. The number of nitrogens with one attached hydrogen (secondary N) is 1. The zero-order valence-electron chi connectivity index (χ0n) is 7.08. The Morgan fingerprint density at radius 3 is 2.55 bits per heavy atom. The molecule has 0 aliphatic carbocycles. The Morgan fingerprint density at radius 1 is 1.45 bits per heavy atom. The number of hydrogen-bond acceptors (Lipinski definition) is 4. The molecule has 0 radical (unpaired) electrons. The van der Waals surface area contributed by atoms with E-state index in [0.717, 1.165) is 0 Å². The van der Waals surface area contributed by atoms with Gasteiger partial charge in [-0.25, -0.2) is 0 Å². The summed E-state index contributed by atoms with van der Waals surface area (Å²) in [5.74, 6) is 0. The van der Waals surface area contributed by atoms with Gasteiger partial charge in [-0.3, -0.25) is 0 Å². The van der Waals surface area contributed by atoms with Crippen LogP contribution >= 0.6 is 0 Å². The molecule has 0 amide bonds. The number of ether oxygens (including phenoxy) is 1. The average Bonchev–Trinajstić information content (AvgIpc) is 2.04. The van der Waals surface area contributed by atoms with Gasteiger partial charge in [0.1, 0.15) is 0 Å². The van der Waals surface area contributed by atoms with Gasteiger partial charge in [0.05, 0.1) is 18.8 Å². The summed E-state index contributed by atoms with van der Waals surface area (Å²) in [6.07, 6.45) is -0.528. The lowest BCUT2D eigenvalue weighted by Crippen LogP contribution is -2.34. The van der Waals surface area contributed by atoms with Gasteiger partial charge in [0.15, 0.2) is 0 Å². The van der Waals surface area contributed by atoms with E-state index in [1.165, 1.54) is 0 Å². The fraction of sp³-hybridized carbons (Fsp3) is 1.00. The highest BCUT2D eigenvalue weighted by atomic mass is 16.5. The number of aliphatic hydroxyl groups excluding tert-OH is 2. The first-order chi connectivity index (χ1) is 5.20. The van der Waals surface area contributed by atoms with Gasteiger partial charge in [0, 0.05) is 20.2 Å². The van der Waals surface area contributed by atoms with Gasteiger partial charge in [-0.1, -0.05) is 0 Å². The van der Waals surface area contributed by atoms with E-state index in [0.29, 0.717) is 13.1 Å². The fourth-order valence-corrected chi connectivity index (χ4v) is 0.601. The molecule has 0 aromatic rings. The molecule has 1 unspecified atom stereocenters. The molecule has 0 saturated carbocycles. The number of rotatable bonds is 6. The summed E-state index contributed by atoms with van der Waals surface area (Å²) in [6.45, 7) is 2.82. The first-order valence-corrected chi connectivity index (χ1v) is 3.73.